The van der Waals surface area contributed by atoms with Crippen LogP contribution in [0.5, 0.6) is 0 Å². The molecule has 0 aromatic carbocycles. The number of rotatable bonds is 14. The number of aliphatic hydroxyl groups excluding tert-OH is 6. The third kappa shape index (κ3) is 8.91. The normalized spacial score (nSPS) is 31.5. The van der Waals surface area contributed by atoms with Crippen LogP contribution >= 0.6 is 0 Å². The number of aliphatic hydroxyl groups is 6. The Labute approximate surface area is 381 Å². The molecule has 0 unspecified atom stereocenters. The number of aromatic nitrogens is 8. The SMILES string of the molecule is CN(C)[C@@H]1CCN(c2nc(NC3CCC(Nc4nc(N5CC[C@@H](N(C)C)C5)nc5c4ncn5[C@@H]4C[C@H](NC(=O)CO)[C@@H](O)[C@H]4O)CC3)c3ncn([C@@H]4C[C@H](NC(=O)CO)[C@@H](O)[C@H]4O)c3n2)C1. The van der Waals surface area contributed by atoms with Gasteiger partial charge in [-0.1, -0.05) is 0 Å². The highest BCUT2D eigenvalue weighted by atomic mass is 16.3. The molecular weight excluding hydrogens is 857 g/mol. The summed E-state index contributed by atoms with van der Waals surface area (Å²) in [7, 11) is 8.24. The number of anilines is 4. The topological polar surface area (TPSA) is 304 Å². The molecule has 2 aliphatic heterocycles. The van der Waals surface area contributed by atoms with Crippen LogP contribution in [0, 0.1) is 0 Å². The van der Waals surface area contributed by atoms with Crippen molar-refractivity contribution in [2.75, 3.05) is 88.0 Å². The fourth-order valence-electron chi connectivity index (χ4n) is 10.6. The van der Waals surface area contributed by atoms with E-state index in [9.17, 15) is 40.2 Å². The average Bonchev–Trinajstić information content (AvgIpc) is 4.18. The number of amides is 2. The Bertz CT molecular complexity index is 2210. The van der Waals surface area contributed by atoms with Crippen LogP contribution in [-0.4, -0.2) is 220 Å². The van der Waals surface area contributed by atoms with Gasteiger partial charge < -0.3 is 80.6 Å². The first-order chi connectivity index (χ1) is 31.7. The highest BCUT2D eigenvalue weighted by Crippen LogP contribution is 2.38. The Kier molecular flexibility index (Phi) is 13.2. The second-order valence-corrected chi connectivity index (χ2v) is 19.2. The van der Waals surface area contributed by atoms with Crippen molar-refractivity contribution in [2.24, 2.45) is 0 Å². The Morgan fingerprint density at radius 3 is 1.35 bits per heavy atom. The molecule has 9 rings (SSSR count). The minimum atomic E-state index is -1.25. The molecule has 0 bridgehead atoms. The monoisotopic (exact) mass is 921 g/mol. The van der Waals surface area contributed by atoms with Gasteiger partial charge in [0.1, 0.15) is 37.6 Å². The van der Waals surface area contributed by atoms with Gasteiger partial charge in [-0.05, 0) is 79.6 Å². The summed E-state index contributed by atoms with van der Waals surface area (Å²) in [5.74, 6) is 0.943. The summed E-state index contributed by atoms with van der Waals surface area (Å²) in [6.45, 7) is 1.54. The molecule has 4 aromatic rings. The fraction of sp³-hybridized carbons (Fsp3) is 0.714. The van der Waals surface area contributed by atoms with Gasteiger partial charge >= 0.3 is 0 Å². The van der Waals surface area contributed by atoms with E-state index >= 15 is 0 Å². The van der Waals surface area contributed by atoms with E-state index < -0.39 is 73.6 Å². The van der Waals surface area contributed by atoms with E-state index in [4.69, 9.17) is 29.9 Å². The third-order valence-electron chi connectivity index (χ3n) is 14.6. The van der Waals surface area contributed by atoms with Crippen molar-refractivity contribution in [3.63, 3.8) is 0 Å². The lowest BCUT2D eigenvalue weighted by Gasteiger charge is -2.31. The molecule has 360 valence electrons. The molecule has 4 aromatic heterocycles. The summed E-state index contributed by atoms with van der Waals surface area (Å²) >= 11 is 0. The Morgan fingerprint density at radius 2 is 1.00 bits per heavy atom. The molecule has 10 atom stereocenters. The van der Waals surface area contributed by atoms with Crippen LogP contribution in [0.2, 0.25) is 0 Å². The summed E-state index contributed by atoms with van der Waals surface area (Å²) < 4.78 is 3.52. The molecule has 10 N–H and O–H groups in total. The van der Waals surface area contributed by atoms with Gasteiger partial charge in [0, 0.05) is 50.3 Å². The molecule has 3 saturated carbocycles. The van der Waals surface area contributed by atoms with Crippen molar-refractivity contribution < 1.29 is 40.2 Å². The zero-order chi connectivity index (χ0) is 46.6. The van der Waals surface area contributed by atoms with Gasteiger partial charge in [-0.2, -0.15) is 19.9 Å². The molecule has 5 fully saturated rings. The van der Waals surface area contributed by atoms with Crippen molar-refractivity contribution in [1.82, 2.24) is 59.5 Å². The number of carbonyl (C=O) groups excluding carboxylic acids is 2. The first-order valence-electron chi connectivity index (χ1n) is 23.1. The fourth-order valence-corrected chi connectivity index (χ4v) is 10.6. The first-order valence-corrected chi connectivity index (χ1v) is 23.1. The van der Waals surface area contributed by atoms with Crippen LogP contribution in [0.4, 0.5) is 23.5 Å². The van der Waals surface area contributed by atoms with Crippen LogP contribution in [0.25, 0.3) is 22.3 Å². The second kappa shape index (κ2) is 18.9. The van der Waals surface area contributed by atoms with Crippen molar-refractivity contribution in [1.29, 1.82) is 0 Å². The Morgan fingerprint density at radius 1 is 0.606 bits per heavy atom. The molecule has 0 spiro atoms. The van der Waals surface area contributed by atoms with E-state index in [-0.39, 0.29) is 24.9 Å². The third-order valence-corrected chi connectivity index (χ3v) is 14.6. The molecule has 3 aliphatic carbocycles. The summed E-state index contributed by atoms with van der Waals surface area (Å²) in [4.78, 5) is 62.4. The van der Waals surface area contributed by atoms with Crippen LogP contribution in [-0.2, 0) is 9.59 Å². The molecule has 0 radical (unpaired) electrons. The quantitative estimate of drug-likeness (QED) is 0.0619. The molecule has 66 heavy (non-hydrogen) atoms. The minimum absolute atomic E-state index is 0.0338. The summed E-state index contributed by atoms with van der Waals surface area (Å²) in [6, 6.07) is -2.12. The lowest BCUT2D eigenvalue weighted by atomic mass is 9.91. The maximum absolute atomic E-state index is 12.0. The van der Waals surface area contributed by atoms with Gasteiger partial charge in [-0.3, -0.25) is 9.59 Å². The van der Waals surface area contributed by atoms with Crippen LogP contribution in [0.1, 0.15) is 63.5 Å². The highest BCUT2D eigenvalue weighted by molar-refractivity contribution is 5.86. The van der Waals surface area contributed by atoms with E-state index in [1.807, 2.05) is 0 Å². The minimum Gasteiger partial charge on any atom is -0.388 e. The van der Waals surface area contributed by atoms with E-state index in [1.54, 1.807) is 21.8 Å². The maximum Gasteiger partial charge on any atom is 0.246 e. The molecule has 5 aliphatic rings. The lowest BCUT2D eigenvalue weighted by molar-refractivity contribution is -0.126. The predicted octanol–water partition coefficient (Wildman–Crippen LogP) is -2.63. The molecular formula is C42H64N16O8. The van der Waals surface area contributed by atoms with Crippen molar-refractivity contribution in [3.05, 3.63) is 12.7 Å². The number of fused-ring (bicyclic) bond motifs is 2. The smallest absolute Gasteiger partial charge is 0.246 e. The number of imidazole rings is 2. The van der Waals surface area contributed by atoms with Crippen molar-refractivity contribution >= 4 is 57.7 Å². The zero-order valence-electron chi connectivity index (χ0n) is 37.8. The standard InChI is InChI=1S/C42H64N16O8/c1-53(2)23-9-11-55(15-23)41-49-37(31-39(51-41)57(19-43-31)27-13-25(33(63)35(27)65)47-29(61)17-59)45-21-5-7-22(8-6-21)46-38-32-40(52-42(50-38)56-12-10-24(16-56)54(3)4)58(20-44-32)28-14-26(34(64)36(28)66)48-30(62)18-60/h19-28,33-36,59-60,63-66H,5-18H2,1-4H3,(H,47,61)(H,48,62)(H,45,49,51)(H,46,50,52)/t21?,22?,23-,24-,25+,26+,27-,28-,33-,34-,35+,36+/m1/s1. The predicted molar refractivity (Wildman–Crippen MR) is 242 cm³/mol. The maximum atomic E-state index is 12.0. The second-order valence-electron chi connectivity index (χ2n) is 19.2. The average molecular weight is 921 g/mol. The Hall–Kier alpha value is -5.08. The number of hydrogen-bond acceptors (Lipinski definition) is 20. The van der Waals surface area contributed by atoms with Gasteiger partial charge in [-0.25, -0.2) is 9.97 Å². The van der Waals surface area contributed by atoms with Crippen LogP contribution in [0.15, 0.2) is 12.7 Å². The van der Waals surface area contributed by atoms with Gasteiger partial charge in [0.25, 0.3) is 0 Å². The van der Waals surface area contributed by atoms with E-state index in [0.29, 0.717) is 57.9 Å². The lowest BCUT2D eigenvalue weighted by Crippen LogP contribution is -2.44. The van der Waals surface area contributed by atoms with Gasteiger partial charge in [-0.15, -0.1) is 0 Å². The van der Waals surface area contributed by atoms with Gasteiger partial charge in [0.15, 0.2) is 34.0 Å². The van der Waals surface area contributed by atoms with Crippen LogP contribution < -0.4 is 31.1 Å². The first kappa shape index (κ1) is 46.0. The number of carbonyl (C=O) groups is 2. The van der Waals surface area contributed by atoms with Gasteiger partial charge in [0.05, 0.1) is 36.8 Å². The van der Waals surface area contributed by atoms with E-state index in [0.717, 1.165) is 64.7 Å². The molecule has 2 saturated heterocycles. The number of likely N-dealkylation sites (N-methyl/N-ethyl adjacent to an activating group) is 2. The Balaban J connectivity index is 0.953. The highest BCUT2D eigenvalue weighted by Gasteiger charge is 2.45. The molecule has 24 nitrogen and oxygen atoms in total. The van der Waals surface area contributed by atoms with Crippen LogP contribution in [0.3, 0.4) is 0 Å². The molecule has 6 heterocycles. The summed E-state index contributed by atoms with van der Waals surface area (Å²) in [5, 5.41) is 75.4. The molecule has 2 amide bonds. The summed E-state index contributed by atoms with van der Waals surface area (Å²) in [6.07, 6.45) is 3.68. The number of nitrogens with zero attached hydrogens (tertiary/aromatic N) is 12. The van der Waals surface area contributed by atoms with E-state index in [2.05, 4.69) is 69.1 Å². The molecule has 24 heteroatoms. The summed E-state index contributed by atoms with van der Waals surface area (Å²) in [5.41, 5.74) is 2.05. The largest absolute Gasteiger partial charge is 0.388 e. The number of nitrogens with one attached hydrogen (secondary N) is 4. The van der Waals surface area contributed by atoms with Crippen molar-refractivity contribution in [3.8, 4) is 0 Å². The van der Waals surface area contributed by atoms with Gasteiger partial charge in [0.2, 0.25) is 23.7 Å². The van der Waals surface area contributed by atoms with Crippen molar-refractivity contribution in [2.45, 2.75) is 124 Å². The zero-order valence-corrected chi connectivity index (χ0v) is 37.8. The van der Waals surface area contributed by atoms with E-state index in [1.165, 1.54) is 0 Å². The number of hydrogen-bond donors (Lipinski definition) is 10.